The van der Waals surface area contributed by atoms with Gasteiger partial charge in [-0.05, 0) is 48.0 Å². The van der Waals surface area contributed by atoms with Gasteiger partial charge < -0.3 is 9.47 Å². The predicted octanol–water partition coefficient (Wildman–Crippen LogP) is 4.43. The molecule has 0 saturated heterocycles. The number of ether oxygens (including phenoxy) is 2. The van der Waals surface area contributed by atoms with Crippen LogP contribution in [0, 0.1) is 0 Å². The van der Waals surface area contributed by atoms with Crippen molar-refractivity contribution >= 4 is 12.1 Å². The number of nitrogens with one attached hydrogen (secondary N) is 2. The smallest absolute Gasteiger partial charge is 0.289 e. The van der Waals surface area contributed by atoms with Crippen molar-refractivity contribution in [2.75, 3.05) is 7.11 Å². The Hall–Kier alpha value is -4.39. The first kappa shape index (κ1) is 20.9. The highest BCUT2D eigenvalue weighted by Crippen LogP contribution is 2.22. The van der Waals surface area contributed by atoms with Crippen LogP contribution in [0.1, 0.15) is 21.6 Å². The zero-order chi connectivity index (χ0) is 22.2. The van der Waals surface area contributed by atoms with Crippen LogP contribution in [0.3, 0.4) is 0 Å². The number of carbonyl (C=O) groups excluding carboxylic acids is 1. The number of para-hydroxylation sites is 1. The molecule has 2 N–H and O–H groups in total. The summed E-state index contributed by atoms with van der Waals surface area (Å²) in [5, 5.41) is 11.0. The van der Waals surface area contributed by atoms with E-state index in [-0.39, 0.29) is 0 Å². The largest absolute Gasteiger partial charge is 0.496 e. The fourth-order valence-electron chi connectivity index (χ4n) is 3.04. The van der Waals surface area contributed by atoms with Crippen LogP contribution in [0.15, 0.2) is 90.0 Å². The molecule has 0 aliphatic carbocycles. The maximum atomic E-state index is 12.4. The summed E-state index contributed by atoms with van der Waals surface area (Å²) in [6.45, 7) is 0.502. The molecule has 4 rings (SSSR count). The number of H-pyrrole nitrogens is 1. The van der Waals surface area contributed by atoms with Crippen molar-refractivity contribution < 1.29 is 14.3 Å². The average molecular weight is 426 g/mol. The molecule has 160 valence electrons. The van der Waals surface area contributed by atoms with Crippen LogP contribution in [0.2, 0.25) is 0 Å². The number of hydrogen-bond acceptors (Lipinski definition) is 5. The first-order valence-corrected chi connectivity index (χ1v) is 10.0. The van der Waals surface area contributed by atoms with Gasteiger partial charge in [-0.15, -0.1) is 0 Å². The molecule has 0 radical (unpaired) electrons. The maximum Gasteiger partial charge on any atom is 0.289 e. The van der Waals surface area contributed by atoms with E-state index in [4.69, 9.17) is 9.47 Å². The number of methoxy groups -OCH3 is 1. The zero-order valence-electron chi connectivity index (χ0n) is 17.5. The fourth-order valence-corrected chi connectivity index (χ4v) is 3.04. The average Bonchev–Trinajstić information content (AvgIpc) is 3.34. The second-order valence-corrected chi connectivity index (χ2v) is 6.91. The Labute approximate surface area is 185 Å². The lowest BCUT2D eigenvalue weighted by atomic mass is 10.1. The summed E-state index contributed by atoms with van der Waals surface area (Å²) in [6, 6.07) is 26.6. The van der Waals surface area contributed by atoms with Gasteiger partial charge in [-0.2, -0.15) is 10.2 Å². The van der Waals surface area contributed by atoms with E-state index in [1.165, 1.54) is 6.21 Å². The first-order valence-electron chi connectivity index (χ1n) is 10.0. The SMILES string of the molecule is COc1ccccc1/C=N/NC(=O)c1cc(-c2ccc(OCc3ccccc3)cc2)n[nH]1. The Bertz CT molecular complexity index is 1200. The van der Waals surface area contributed by atoms with Gasteiger partial charge in [-0.3, -0.25) is 9.89 Å². The van der Waals surface area contributed by atoms with Gasteiger partial charge in [0, 0.05) is 11.1 Å². The zero-order valence-corrected chi connectivity index (χ0v) is 17.5. The van der Waals surface area contributed by atoms with Crippen LogP contribution < -0.4 is 14.9 Å². The number of benzene rings is 3. The second-order valence-electron chi connectivity index (χ2n) is 6.91. The van der Waals surface area contributed by atoms with Crippen molar-refractivity contribution in [1.29, 1.82) is 0 Å². The third kappa shape index (κ3) is 5.20. The summed E-state index contributed by atoms with van der Waals surface area (Å²) in [6.07, 6.45) is 1.53. The van der Waals surface area contributed by atoms with Crippen molar-refractivity contribution in [3.8, 4) is 22.8 Å². The van der Waals surface area contributed by atoms with Crippen molar-refractivity contribution in [3.05, 3.63) is 102 Å². The number of rotatable bonds is 8. The van der Waals surface area contributed by atoms with Crippen LogP contribution in [0.5, 0.6) is 11.5 Å². The number of amides is 1. The standard InChI is InChI=1S/C25H22N4O3/c1-31-24-10-6-5-9-20(24)16-26-29-25(30)23-15-22(27-28-23)19-11-13-21(14-12-19)32-17-18-7-3-2-4-8-18/h2-16H,17H2,1H3,(H,27,28)(H,29,30)/b26-16+. The molecule has 7 heteroatoms. The van der Waals surface area contributed by atoms with Gasteiger partial charge >= 0.3 is 0 Å². The number of carbonyl (C=O) groups is 1. The topological polar surface area (TPSA) is 88.6 Å². The van der Waals surface area contributed by atoms with E-state index >= 15 is 0 Å². The summed E-state index contributed by atoms with van der Waals surface area (Å²) in [4.78, 5) is 12.4. The predicted molar refractivity (Wildman–Crippen MR) is 123 cm³/mol. The molecule has 0 saturated carbocycles. The molecule has 32 heavy (non-hydrogen) atoms. The lowest BCUT2D eigenvalue weighted by molar-refractivity contribution is 0.0950. The van der Waals surface area contributed by atoms with E-state index in [9.17, 15) is 4.79 Å². The molecule has 0 unspecified atom stereocenters. The minimum Gasteiger partial charge on any atom is -0.496 e. The third-order valence-electron chi connectivity index (χ3n) is 4.73. The van der Waals surface area contributed by atoms with E-state index < -0.39 is 5.91 Å². The maximum absolute atomic E-state index is 12.4. The number of aromatic nitrogens is 2. The van der Waals surface area contributed by atoms with Crippen LogP contribution in [0.25, 0.3) is 11.3 Å². The molecule has 0 aliphatic rings. The minimum absolute atomic E-state index is 0.307. The molecule has 0 aliphatic heterocycles. The van der Waals surface area contributed by atoms with Gasteiger partial charge in [0.2, 0.25) is 0 Å². The van der Waals surface area contributed by atoms with E-state index in [0.29, 0.717) is 23.7 Å². The molecule has 7 nitrogen and oxygen atoms in total. The van der Waals surface area contributed by atoms with Crippen LogP contribution in [-0.4, -0.2) is 29.4 Å². The van der Waals surface area contributed by atoms with Gasteiger partial charge in [0.25, 0.3) is 5.91 Å². The van der Waals surface area contributed by atoms with Gasteiger partial charge in [0.05, 0.1) is 19.0 Å². The molecular formula is C25H22N4O3. The Morgan fingerprint density at radius 3 is 2.56 bits per heavy atom. The number of aromatic amines is 1. The molecule has 1 heterocycles. The van der Waals surface area contributed by atoms with Crippen molar-refractivity contribution in [2.24, 2.45) is 5.10 Å². The van der Waals surface area contributed by atoms with E-state index in [1.54, 1.807) is 13.2 Å². The second kappa shape index (κ2) is 10.1. The number of hydrazone groups is 1. The minimum atomic E-state index is -0.391. The molecule has 0 bridgehead atoms. The summed E-state index contributed by atoms with van der Waals surface area (Å²) in [5.41, 5.74) is 6.18. The number of nitrogens with zero attached hydrogens (tertiary/aromatic N) is 2. The lowest BCUT2D eigenvalue weighted by Crippen LogP contribution is -2.18. The normalized spacial score (nSPS) is 10.8. The molecule has 0 fully saturated rings. The molecular weight excluding hydrogens is 404 g/mol. The van der Waals surface area contributed by atoms with Gasteiger partial charge in [0.1, 0.15) is 23.8 Å². The molecule has 0 atom stereocenters. The number of hydrogen-bond donors (Lipinski definition) is 2. The molecule has 1 aromatic heterocycles. The fraction of sp³-hybridized carbons (Fsp3) is 0.0800. The Kier molecular flexibility index (Phi) is 6.57. The van der Waals surface area contributed by atoms with Crippen LogP contribution in [-0.2, 0) is 6.61 Å². The van der Waals surface area contributed by atoms with E-state index in [2.05, 4.69) is 20.7 Å². The molecule has 0 spiro atoms. The van der Waals surface area contributed by atoms with E-state index in [1.807, 2.05) is 78.9 Å². The summed E-state index contributed by atoms with van der Waals surface area (Å²) in [5.74, 6) is 1.04. The molecule has 1 amide bonds. The third-order valence-corrected chi connectivity index (χ3v) is 4.73. The summed E-state index contributed by atoms with van der Waals surface area (Å²) < 4.78 is 11.1. The van der Waals surface area contributed by atoms with Crippen LogP contribution >= 0.6 is 0 Å². The quantitative estimate of drug-likeness (QED) is 0.322. The summed E-state index contributed by atoms with van der Waals surface area (Å²) >= 11 is 0. The molecule has 4 aromatic rings. The van der Waals surface area contributed by atoms with E-state index in [0.717, 1.165) is 22.4 Å². The molecule has 3 aromatic carbocycles. The monoisotopic (exact) mass is 426 g/mol. The Balaban J connectivity index is 1.35. The lowest BCUT2D eigenvalue weighted by Gasteiger charge is -2.06. The van der Waals surface area contributed by atoms with Gasteiger partial charge in [-0.1, -0.05) is 42.5 Å². The van der Waals surface area contributed by atoms with Gasteiger partial charge in [-0.25, -0.2) is 5.43 Å². The summed E-state index contributed by atoms with van der Waals surface area (Å²) in [7, 11) is 1.58. The van der Waals surface area contributed by atoms with Crippen molar-refractivity contribution in [2.45, 2.75) is 6.61 Å². The van der Waals surface area contributed by atoms with Gasteiger partial charge in [0.15, 0.2) is 0 Å². The highest BCUT2D eigenvalue weighted by atomic mass is 16.5. The van der Waals surface area contributed by atoms with Crippen molar-refractivity contribution in [1.82, 2.24) is 15.6 Å². The highest BCUT2D eigenvalue weighted by molar-refractivity contribution is 5.94. The first-order chi connectivity index (χ1) is 15.7. The van der Waals surface area contributed by atoms with Crippen molar-refractivity contribution in [3.63, 3.8) is 0 Å². The Morgan fingerprint density at radius 1 is 1.03 bits per heavy atom. The van der Waals surface area contributed by atoms with Crippen LogP contribution in [0.4, 0.5) is 0 Å². The Morgan fingerprint density at radius 2 is 1.78 bits per heavy atom. The highest BCUT2D eigenvalue weighted by Gasteiger charge is 2.11.